The summed E-state index contributed by atoms with van der Waals surface area (Å²) in [7, 11) is 0. The average Bonchev–Trinajstić information content (AvgIpc) is 2.60. The third-order valence-corrected chi connectivity index (χ3v) is 4.03. The molecule has 1 heterocycles. The smallest absolute Gasteiger partial charge is 0.274 e. The molecule has 0 fully saturated rings. The lowest BCUT2D eigenvalue weighted by Crippen LogP contribution is -2.34. The van der Waals surface area contributed by atoms with E-state index in [0.29, 0.717) is 12.2 Å². The maximum Gasteiger partial charge on any atom is 0.274 e. The first kappa shape index (κ1) is 18.4. The van der Waals surface area contributed by atoms with Gasteiger partial charge in [-0.25, -0.2) is 0 Å². The lowest BCUT2D eigenvalue weighted by molar-refractivity contribution is -0.122. The number of benzene rings is 1. The number of carbonyl (C=O) groups excluding carboxylic acids is 2. The van der Waals surface area contributed by atoms with Crippen molar-refractivity contribution in [3.8, 4) is 0 Å². The maximum atomic E-state index is 12.5. The molecule has 0 spiro atoms. The second-order valence-electron chi connectivity index (χ2n) is 5.88. The molecule has 6 heteroatoms. The van der Waals surface area contributed by atoms with Crippen LogP contribution in [0.2, 0.25) is 0 Å². The van der Waals surface area contributed by atoms with Crippen LogP contribution >= 0.6 is 0 Å². The largest absolute Gasteiger partial charge is 0.350 e. The van der Waals surface area contributed by atoms with Crippen LogP contribution in [0.1, 0.15) is 30.2 Å². The molecule has 2 amide bonds. The fourth-order valence-electron chi connectivity index (χ4n) is 2.40. The molecule has 0 unspecified atom stereocenters. The van der Waals surface area contributed by atoms with Crippen LogP contribution < -0.4 is 16.2 Å². The van der Waals surface area contributed by atoms with E-state index in [0.717, 1.165) is 11.1 Å². The minimum atomic E-state index is -0.382. The van der Waals surface area contributed by atoms with Gasteiger partial charge in [0.2, 0.25) is 11.8 Å². The van der Waals surface area contributed by atoms with Crippen LogP contribution in [0.15, 0.2) is 41.2 Å². The molecule has 0 aliphatic heterocycles. The highest BCUT2D eigenvalue weighted by Crippen LogP contribution is 2.07. The van der Waals surface area contributed by atoms with E-state index in [1.807, 2.05) is 31.2 Å². The molecular formula is C19H23N3O3. The van der Waals surface area contributed by atoms with Gasteiger partial charge in [0.1, 0.15) is 12.2 Å². The molecule has 25 heavy (non-hydrogen) atoms. The summed E-state index contributed by atoms with van der Waals surface area (Å²) in [6, 6.07) is 11.1. The molecule has 0 atom stereocenters. The Labute approximate surface area is 146 Å². The van der Waals surface area contributed by atoms with E-state index < -0.39 is 0 Å². The third kappa shape index (κ3) is 4.79. The number of aryl methyl sites for hydroxylation is 2. The summed E-state index contributed by atoms with van der Waals surface area (Å²) in [5.41, 5.74) is 2.59. The predicted molar refractivity (Wildman–Crippen MR) is 97.4 cm³/mol. The Kier molecular flexibility index (Phi) is 6.11. The first-order valence-electron chi connectivity index (χ1n) is 8.24. The molecule has 132 valence electrons. The summed E-state index contributed by atoms with van der Waals surface area (Å²) in [4.78, 5) is 36.2. The zero-order valence-electron chi connectivity index (χ0n) is 14.8. The van der Waals surface area contributed by atoms with E-state index in [1.54, 1.807) is 26.0 Å². The lowest BCUT2D eigenvalue weighted by atomic mass is 10.1. The topological polar surface area (TPSA) is 80.2 Å². The maximum absolute atomic E-state index is 12.5. The molecule has 1 aromatic carbocycles. The van der Waals surface area contributed by atoms with Crippen molar-refractivity contribution in [3.63, 3.8) is 0 Å². The van der Waals surface area contributed by atoms with Crippen molar-refractivity contribution in [1.29, 1.82) is 0 Å². The highest BCUT2D eigenvalue weighted by atomic mass is 16.2. The van der Waals surface area contributed by atoms with Crippen LogP contribution in [0.3, 0.4) is 0 Å². The number of rotatable bonds is 6. The number of aromatic nitrogens is 1. The Hall–Kier alpha value is -2.89. The second kappa shape index (κ2) is 8.28. The Bertz CT molecular complexity index is 840. The van der Waals surface area contributed by atoms with Gasteiger partial charge in [-0.2, -0.15) is 0 Å². The second-order valence-corrected chi connectivity index (χ2v) is 5.88. The molecule has 2 aromatic rings. The van der Waals surface area contributed by atoms with Gasteiger partial charge in [-0.1, -0.05) is 31.2 Å². The average molecular weight is 341 g/mol. The summed E-state index contributed by atoms with van der Waals surface area (Å²) in [5.74, 6) is -0.496. The van der Waals surface area contributed by atoms with Crippen molar-refractivity contribution in [2.75, 3.05) is 5.32 Å². The minimum Gasteiger partial charge on any atom is -0.350 e. The number of amides is 2. The SMILES string of the molecule is CCC(=O)Nc1ccc(C)n(CC(=O)NCc2ccccc2C)c1=O. The molecule has 0 aliphatic rings. The normalized spacial score (nSPS) is 10.4. The van der Waals surface area contributed by atoms with Crippen LogP contribution in [0, 0.1) is 13.8 Å². The van der Waals surface area contributed by atoms with Crippen LogP contribution in [-0.4, -0.2) is 16.4 Å². The summed E-state index contributed by atoms with van der Waals surface area (Å²) >= 11 is 0. The molecule has 2 N–H and O–H groups in total. The molecule has 0 radical (unpaired) electrons. The van der Waals surface area contributed by atoms with E-state index in [4.69, 9.17) is 0 Å². The lowest BCUT2D eigenvalue weighted by Gasteiger charge is -2.13. The van der Waals surface area contributed by atoms with Crippen LogP contribution in [0.25, 0.3) is 0 Å². The van der Waals surface area contributed by atoms with Crippen molar-refractivity contribution >= 4 is 17.5 Å². The van der Waals surface area contributed by atoms with Gasteiger partial charge < -0.3 is 15.2 Å². The molecule has 0 bridgehead atoms. The molecule has 1 aromatic heterocycles. The van der Waals surface area contributed by atoms with Crippen LogP contribution in [-0.2, 0) is 22.7 Å². The standard InChI is InChI=1S/C19H23N3O3/c1-4-17(23)21-16-10-9-14(3)22(19(16)25)12-18(24)20-11-15-8-6-5-7-13(15)2/h5-10H,4,11-12H2,1-3H3,(H,20,24)(H,21,23). The number of nitrogens with one attached hydrogen (secondary N) is 2. The Morgan fingerprint density at radius 1 is 1.04 bits per heavy atom. The number of nitrogens with zero attached hydrogens (tertiary/aromatic N) is 1. The van der Waals surface area contributed by atoms with E-state index in [1.165, 1.54) is 4.57 Å². The number of carbonyl (C=O) groups is 2. The fourth-order valence-corrected chi connectivity index (χ4v) is 2.40. The van der Waals surface area contributed by atoms with Crippen LogP contribution in [0.5, 0.6) is 0 Å². The van der Waals surface area contributed by atoms with Gasteiger partial charge in [0.15, 0.2) is 0 Å². The number of anilines is 1. The summed E-state index contributed by atoms with van der Waals surface area (Å²) < 4.78 is 1.36. The van der Waals surface area contributed by atoms with E-state index in [-0.39, 0.29) is 36.0 Å². The van der Waals surface area contributed by atoms with Gasteiger partial charge >= 0.3 is 0 Å². The minimum absolute atomic E-state index is 0.0909. The van der Waals surface area contributed by atoms with Gasteiger partial charge in [0.25, 0.3) is 5.56 Å². The van der Waals surface area contributed by atoms with Crippen molar-refractivity contribution in [2.24, 2.45) is 0 Å². The highest BCUT2D eigenvalue weighted by Gasteiger charge is 2.12. The van der Waals surface area contributed by atoms with Gasteiger partial charge in [-0.3, -0.25) is 14.4 Å². The first-order valence-corrected chi connectivity index (χ1v) is 8.24. The molecule has 0 saturated heterocycles. The summed E-state index contributed by atoms with van der Waals surface area (Å²) in [5, 5.41) is 5.39. The first-order chi connectivity index (χ1) is 11.9. The van der Waals surface area contributed by atoms with Crippen molar-refractivity contribution in [3.05, 3.63) is 63.6 Å². The van der Waals surface area contributed by atoms with Crippen LogP contribution in [0.4, 0.5) is 5.69 Å². The van der Waals surface area contributed by atoms with Crippen molar-refractivity contribution < 1.29 is 9.59 Å². The molecule has 2 rings (SSSR count). The van der Waals surface area contributed by atoms with Crippen molar-refractivity contribution in [2.45, 2.75) is 40.3 Å². The fraction of sp³-hybridized carbons (Fsp3) is 0.316. The van der Waals surface area contributed by atoms with Gasteiger partial charge in [-0.15, -0.1) is 0 Å². The van der Waals surface area contributed by atoms with E-state index in [2.05, 4.69) is 10.6 Å². The van der Waals surface area contributed by atoms with Gasteiger partial charge in [0, 0.05) is 18.7 Å². The van der Waals surface area contributed by atoms with Crippen molar-refractivity contribution in [1.82, 2.24) is 9.88 Å². The van der Waals surface area contributed by atoms with Gasteiger partial charge in [0.05, 0.1) is 0 Å². The highest BCUT2D eigenvalue weighted by molar-refractivity contribution is 5.90. The molecule has 0 aliphatic carbocycles. The number of hydrogen-bond donors (Lipinski definition) is 2. The summed E-state index contributed by atoms with van der Waals surface area (Å²) in [6.07, 6.45) is 0.282. The molecular weight excluding hydrogens is 318 g/mol. The monoisotopic (exact) mass is 341 g/mol. The Balaban J connectivity index is 2.09. The molecule has 6 nitrogen and oxygen atoms in total. The number of pyridine rings is 1. The Morgan fingerprint density at radius 2 is 1.76 bits per heavy atom. The quantitative estimate of drug-likeness (QED) is 0.845. The zero-order chi connectivity index (χ0) is 18.4. The molecule has 0 saturated carbocycles. The third-order valence-electron chi connectivity index (χ3n) is 4.03. The predicted octanol–water partition coefficient (Wildman–Crippen LogP) is 2.13. The Morgan fingerprint density at radius 3 is 2.44 bits per heavy atom. The van der Waals surface area contributed by atoms with E-state index >= 15 is 0 Å². The van der Waals surface area contributed by atoms with E-state index in [9.17, 15) is 14.4 Å². The summed E-state index contributed by atoms with van der Waals surface area (Å²) in [6.45, 7) is 5.76. The number of hydrogen-bond acceptors (Lipinski definition) is 3. The van der Waals surface area contributed by atoms with Gasteiger partial charge in [-0.05, 0) is 37.1 Å². The zero-order valence-corrected chi connectivity index (χ0v) is 14.8.